The van der Waals surface area contributed by atoms with Crippen molar-refractivity contribution in [2.24, 2.45) is 16.8 Å². The van der Waals surface area contributed by atoms with Gasteiger partial charge in [0.2, 0.25) is 0 Å². The molecule has 2 nitrogen and oxygen atoms in total. The fourth-order valence-corrected chi connectivity index (χ4v) is 3.41. The van der Waals surface area contributed by atoms with Gasteiger partial charge in [0, 0.05) is 12.6 Å². The van der Waals surface area contributed by atoms with Gasteiger partial charge in [-0.1, -0.05) is 19.8 Å². The van der Waals surface area contributed by atoms with E-state index in [9.17, 15) is 0 Å². The lowest BCUT2D eigenvalue weighted by atomic mass is 9.72. The summed E-state index contributed by atoms with van der Waals surface area (Å²) in [6.07, 6.45) is 9.15. The molecule has 0 aromatic heterocycles. The van der Waals surface area contributed by atoms with E-state index in [-0.39, 0.29) is 5.54 Å². The summed E-state index contributed by atoms with van der Waals surface area (Å²) in [4.78, 5) is 7.23. The van der Waals surface area contributed by atoms with Crippen molar-refractivity contribution in [1.29, 1.82) is 0 Å². The number of rotatable bonds is 1. The smallest absolute Gasteiger partial charge is 0.0858 e. The van der Waals surface area contributed by atoms with Gasteiger partial charge in [-0.25, -0.2) is 0 Å². The molecule has 1 saturated heterocycles. The third kappa shape index (κ3) is 3.23. The summed E-state index contributed by atoms with van der Waals surface area (Å²) in [6.45, 7) is 10.2. The lowest BCUT2D eigenvalue weighted by molar-refractivity contribution is 0.0812. The Morgan fingerprint density at radius 1 is 1.12 bits per heavy atom. The van der Waals surface area contributed by atoms with E-state index in [0.29, 0.717) is 0 Å². The number of likely N-dealkylation sites (tertiary alicyclic amines) is 1. The molecular weight excluding hydrogens is 208 g/mol. The Labute approximate surface area is 106 Å². The zero-order valence-electron chi connectivity index (χ0n) is 11.9. The van der Waals surface area contributed by atoms with E-state index in [1.807, 2.05) is 0 Å². The van der Waals surface area contributed by atoms with E-state index >= 15 is 0 Å². The Kier molecular flexibility index (Phi) is 3.79. The maximum absolute atomic E-state index is 4.70. The van der Waals surface area contributed by atoms with Crippen LogP contribution >= 0.6 is 0 Å². The molecule has 0 N–H and O–H groups in total. The second kappa shape index (κ2) is 4.99. The first-order chi connectivity index (χ1) is 7.97. The van der Waals surface area contributed by atoms with E-state index in [1.54, 1.807) is 0 Å². The third-order valence-electron chi connectivity index (χ3n) is 4.36. The second-order valence-electron chi connectivity index (χ2n) is 6.93. The first kappa shape index (κ1) is 12.9. The van der Waals surface area contributed by atoms with Crippen molar-refractivity contribution >= 4 is 6.34 Å². The second-order valence-corrected chi connectivity index (χ2v) is 6.93. The molecule has 17 heavy (non-hydrogen) atoms. The standard InChI is InChI=1S/C15H28N2/c1-12-7-5-9-14-13(12)8-6-10-17(14)11-16-15(2,3)4/h11-14H,5-10H2,1-4H3/t12-,13+,14-/m1/s1. The van der Waals surface area contributed by atoms with Crippen LogP contribution in [-0.2, 0) is 0 Å². The van der Waals surface area contributed by atoms with Gasteiger partial charge in [0.25, 0.3) is 0 Å². The summed E-state index contributed by atoms with van der Waals surface area (Å²) in [7, 11) is 0. The summed E-state index contributed by atoms with van der Waals surface area (Å²) < 4.78 is 0. The molecule has 98 valence electrons. The highest BCUT2D eigenvalue weighted by atomic mass is 15.2. The van der Waals surface area contributed by atoms with Crippen LogP contribution in [0.15, 0.2) is 4.99 Å². The Morgan fingerprint density at radius 3 is 2.59 bits per heavy atom. The van der Waals surface area contributed by atoms with Gasteiger partial charge >= 0.3 is 0 Å². The van der Waals surface area contributed by atoms with Crippen LogP contribution in [0.4, 0.5) is 0 Å². The maximum Gasteiger partial charge on any atom is 0.0858 e. The Hall–Kier alpha value is -0.530. The lowest BCUT2D eigenvalue weighted by Gasteiger charge is -2.46. The largest absolute Gasteiger partial charge is 0.360 e. The molecule has 2 fully saturated rings. The molecule has 2 aliphatic rings. The number of hydrogen-bond donors (Lipinski definition) is 0. The molecule has 0 spiro atoms. The molecule has 0 amide bonds. The van der Waals surface area contributed by atoms with Crippen molar-refractivity contribution in [3.8, 4) is 0 Å². The number of piperidine rings is 1. The summed E-state index contributed by atoms with van der Waals surface area (Å²) in [5.41, 5.74) is 0.0627. The van der Waals surface area contributed by atoms with Gasteiger partial charge in [0.1, 0.15) is 0 Å². The molecule has 0 bridgehead atoms. The van der Waals surface area contributed by atoms with Gasteiger partial charge < -0.3 is 4.90 Å². The molecule has 1 aliphatic heterocycles. The molecule has 1 aliphatic carbocycles. The van der Waals surface area contributed by atoms with Crippen LogP contribution in [0.1, 0.15) is 59.8 Å². The van der Waals surface area contributed by atoms with Gasteiger partial charge in [0.15, 0.2) is 0 Å². The Morgan fingerprint density at radius 2 is 1.88 bits per heavy atom. The minimum atomic E-state index is 0.0627. The molecule has 1 saturated carbocycles. The molecule has 3 atom stereocenters. The molecule has 2 heteroatoms. The summed E-state index contributed by atoms with van der Waals surface area (Å²) in [5, 5.41) is 0. The van der Waals surface area contributed by atoms with Crippen LogP contribution in [0.3, 0.4) is 0 Å². The van der Waals surface area contributed by atoms with Gasteiger partial charge in [-0.05, 0) is 51.9 Å². The van der Waals surface area contributed by atoms with Crippen LogP contribution < -0.4 is 0 Å². The van der Waals surface area contributed by atoms with Crippen LogP contribution in [0, 0.1) is 11.8 Å². The molecule has 0 aromatic rings. The summed E-state index contributed by atoms with van der Waals surface area (Å²) in [6, 6.07) is 0.776. The van der Waals surface area contributed by atoms with E-state index in [0.717, 1.165) is 17.9 Å². The predicted octanol–water partition coefficient (Wildman–Crippen LogP) is 3.71. The van der Waals surface area contributed by atoms with Crippen LogP contribution in [-0.4, -0.2) is 29.4 Å². The monoisotopic (exact) mass is 236 g/mol. The minimum Gasteiger partial charge on any atom is -0.360 e. The highest BCUT2D eigenvalue weighted by molar-refractivity contribution is 5.56. The quantitative estimate of drug-likeness (QED) is 0.500. The highest BCUT2D eigenvalue weighted by Crippen LogP contribution is 2.38. The minimum absolute atomic E-state index is 0.0627. The van der Waals surface area contributed by atoms with Gasteiger partial charge in [-0.3, -0.25) is 4.99 Å². The average Bonchev–Trinajstić information content (AvgIpc) is 2.26. The van der Waals surface area contributed by atoms with Crippen LogP contribution in [0.2, 0.25) is 0 Å². The Balaban J connectivity index is 2.04. The predicted molar refractivity (Wildman–Crippen MR) is 74.5 cm³/mol. The van der Waals surface area contributed by atoms with Crippen LogP contribution in [0.25, 0.3) is 0 Å². The van der Waals surface area contributed by atoms with Crippen molar-refractivity contribution in [2.45, 2.75) is 71.4 Å². The molecule has 0 unspecified atom stereocenters. The van der Waals surface area contributed by atoms with E-state index in [1.165, 1.54) is 38.6 Å². The molecule has 0 aromatic carbocycles. The van der Waals surface area contributed by atoms with Crippen molar-refractivity contribution in [1.82, 2.24) is 4.90 Å². The van der Waals surface area contributed by atoms with E-state index in [2.05, 4.69) is 38.9 Å². The number of nitrogens with zero attached hydrogens (tertiary/aromatic N) is 2. The first-order valence-electron chi connectivity index (χ1n) is 7.28. The van der Waals surface area contributed by atoms with Crippen molar-refractivity contribution in [3.05, 3.63) is 0 Å². The fraction of sp³-hybridized carbons (Fsp3) is 0.933. The van der Waals surface area contributed by atoms with Gasteiger partial charge in [0.05, 0.1) is 11.9 Å². The third-order valence-corrected chi connectivity index (χ3v) is 4.36. The molecule has 0 radical (unpaired) electrons. The zero-order valence-corrected chi connectivity index (χ0v) is 11.9. The highest BCUT2D eigenvalue weighted by Gasteiger charge is 2.36. The van der Waals surface area contributed by atoms with E-state index in [4.69, 9.17) is 4.99 Å². The zero-order chi connectivity index (χ0) is 12.5. The topological polar surface area (TPSA) is 15.6 Å². The normalized spacial score (nSPS) is 35.1. The maximum atomic E-state index is 4.70. The number of hydrogen-bond acceptors (Lipinski definition) is 1. The molecule has 2 rings (SSSR count). The SMILES string of the molecule is C[C@@H]1CCC[C@@H]2[C@H]1CCCN2C=NC(C)(C)C. The average molecular weight is 236 g/mol. The molecule has 1 heterocycles. The van der Waals surface area contributed by atoms with E-state index < -0.39 is 0 Å². The van der Waals surface area contributed by atoms with Crippen molar-refractivity contribution < 1.29 is 0 Å². The van der Waals surface area contributed by atoms with Crippen LogP contribution in [0.5, 0.6) is 0 Å². The first-order valence-corrected chi connectivity index (χ1v) is 7.28. The van der Waals surface area contributed by atoms with Gasteiger partial charge in [-0.15, -0.1) is 0 Å². The lowest BCUT2D eigenvalue weighted by Crippen LogP contribution is -2.48. The fourth-order valence-electron chi connectivity index (χ4n) is 3.41. The number of fused-ring (bicyclic) bond motifs is 1. The van der Waals surface area contributed by atoms with Crippen molar-refractivity contribution in [2.75, 3.05) is 6.54 Å². The van der Waals surface area contributed by atoms with Gasteiger partial charge in [-0.2, -0.15) is 0 Å². The Bertz CT molecular complexity index is 277. The summed E-state index contributed by atoms with van der Waals surface area (Å²) in [5.74, 6) is 1.84. The van der Waals surface area contributed by atoms with Crippen molar-refractivity contribution in [3.63, 3.8) is 0 Å². The summed E-state index contributed by atoms with van der Waals surface area (Å²) >= 11 is 0. The molecular formula is C15H28N2. The number of aliphatic imine (C=N–C) groups is 1.